The zero-order valence-corrected chi connectivity index (χ0v) is 11.2. The molecule has 3 rings (SSSR count). The second-order valence-corrected chi connectivity index (χ2v) is 6.21. The molecule has 0 radical (unpaired) electrons. The molecule has 1 unspecified atom stereocenters. The van der Waals surface area contributed by atoms with Crippen LogP contribution in [0.5, 0.6) is 0 Å². The van der Waals surface area contributed by atoms with Gasteiger partial charge in [-0.15, -0.1) is 0 Å². The van der Waals surface area contributed by atoms with Gasteiger partial charge >= 0.3 is 0 Å². The third-order valence-corrected chi connectivity index (χ3v) is 4.99. The smallest absolute Gasteiger partial charge is 0.220 e. The molecule has 0 aromatic rings. The van der Waals surface area contributed by atoms with Gasteiger partial charge in [-0.3, -0.25) is 9.69 Å². The van der Waals surface area contributed by atoms with Crippen LogP contribution in [-0.4, -0.2) is 48.6 Å². The van der Waals surface area contributed by atoms with Gasteiger partial charge in [0.05, 0.1) is 0 Å². The lowest BCUT2D eigenvalue weighted by molar-refractivity contribution is -0.119. The average molecular weight is 251 g/mol. The van der Waals surface area contributed by atoms with E-state index < -0.39 is 0 Å². The average Bonchev–Trinajstić information content (AvgIpc) is 2.79. The fraction of sp³-hybridized carbons (Fsp3) is 0.929. The van der Waals surface area contributed by atoms with E-state index in [0.29, 0.717) is 11.6 Å². The second kappa shape index (κ2) is 5.17. The zero-order valence-electron chi connectivity index (χ0n) is 11.2. The molecule has 0 aromatic heterocycles. The fourth-order valence-electron chi connectivity index (χ4n) is 3.95. The van der Waals surface area contributed by atoms with Crippen LogP contribution < -0.4 is 10.6 Å². The lowest BCUT2D eigenvalue weighted by Gasteiger charge is -2.50. The summed E-state index contributed by atoms with van der Waals surface area (Å²) >= 11 is 0. The van der Waals surface area contributed by atoms with Crippen LogP contribution in [-0.2, 0) is 4.79 Å². The van der Waals surface area contributed by atoms with E-state index in [0.717, 1.165) is 39.0 Å². The highest BCUT2D eigenvalue weighted by Crippen LogP contribution is 2.34. The summed E-state index contributed by atoms with van der Waals surface area (Å²) in [6, 6.07) is 0.398. The van der Waals surface area contributed by atoms with E-state index in [1.807, 2.05) is 0 Å². The molecule has 4 heteroatoms. The van der Waals surface area contributed by atoms with Gasteiger partial charge in [0, 0.05) is 44.2 Å². The van der Waals surface area contributed by atoms with Gasteiger partial charge in [-0.1, -0.05) is 19.3 Å². The number of piperazine rings is 1. The van der Waals surface area contributed by atoms with E-state index in [9.17, 15) is 4.79 Å². The van der Waals surface area contributed by atoms with Crippen LogP contribution in [0.2, 0.25) is 0 Å². The molecule has 1 spiro atoms. The Hall–Kier alpha value is -0.610. The van der Waals surface area contributed by atoms with Crippen LogP contribution in [0.4, 0.5) is 0 Å². The van der Waals surface area contributed by atoms with Crippen LogP contribution in [0.25, 0.3) is 0 Å². The first-order valence-electron chi connectivity index (χ1n) is 7.54. The summed E-state index contributed by atoms with van der Waals surface area (Å²) < 4.78 is 0. The van der Waals surface area contributed by atoms with Crippen molar-refractivity contribution in [2.45, 2.75) is 56.5 Å². The Bertz CT molecular complexity index is 304. The molecule has 1 saturated carbocycles. The molecule has 3 aliphatic rings. The molecule has 0 aromatic carbocycles. The Balaban J connectivity index is 1.65. The van der Waals surface area contributed by atoms with Gasteiger partial charge < -0.3 is 10.6 Å². The maximum absolute atomic E-state index is 11.3. The normalized spacial score (nSPS) is 32.7. The highest BCUT2D eigenvalue weighted by Gasteiger charge is 2.40. The minimum absolute atomic E-state index is 0.243. The summed E-state index contributed by atoms with van der Waals surface area (Å²) in [6.45, 7) is 4.45. The third kappa shape index (κ3) is 2.41. The Morgan fingerprint density at radius 1 is 1.28 bits per heavy atom. The summed E-state index contributed by atoms with van der Waals surface area (Å²) in [7, 11) is 0. The van der Waals surface area contributed by atoms with E-state index in [2.05, 4.69) is 15.5 Å². The molecule has 2 N–H and O–H groups in total. The molecule has 1 atom stereocenters. The predicted octanol–water partition coefficient (Wildman–Crippen LogP) is 0.873. The first-order valence-corrected chi connectivity index (χ1v) is 7.54. The molecule has 1 aliphatic carbocycles. The maximum atomic E-state index is 11.3. The molecule has 18 heavy (non-hydrogen) atoms. The van der Waals surface area contributed by atoms with Crippen LogP contribution in [0, 0.1) is 0 Å². The van der Waals surface area contributed by atoms with Crippen molar-refractivity contribution < 1.29 is 4.79 Å². The van der Waals surface area contributed by atoms with Crippen LogP contribution in [0.3, 0.4) is 0 Å². The molecule has 102 valence electrons. The van der Waals surface area contributed by atoms with Crippen LogP contribution in [0.1, 0.15) is 44.9 Å². The van der Waals surface area contributed by atoms with Gasteiger partial charge in [0.1, 0.15) is 0 Å². The van der Waals surface area contributed by atoms with Gasteiger partial charge in [0.25, 0.3) is 0 Å². The molecule has 2 aliphatic heterocycles. The highest BCUT2D eigenvalue weighted by atomic mass is 16.1. The fourth-order valence-corrected chi connectivity index (χ4v) is 3.95. The van der Waals surface area contributed by atoms with Crippen molar-refractivity contribution in [2.75, 3.05) is 26.2 Å². The lowest BCUT2D eigenvalue weighted by atomic mass is 9.79. The van der Waals surface area contributed by atoms with Crippen molar-refractivity contribution in [2.24, 2.45) is 0 Å². The van der Waals surface area contributed by atoms with Crippen molar-refractivity contribution in [3.05, 3.63) is 0 Å². The summed E-state index contributed by atoms with van der Waals surface area (Å²) in [5.41, 5.74) is 0.393. The first-order chi connectivity index (χ1) is 8.78. The zero-order chi connectivity index (χ0) is 12.4. The molecule has 4 nitrogen and oxygen atoms in total. The van der Waals surface area contributed by atoms with E-state index in [-0.39, 0.29) is 5.91 Å². The number of hydrogen-bond donors (Lipinski definition) is 2. The lowest BCUT2D eigenvalue weighted by Crippen LogP contribution is -2.63. The number of rotatable bonds is 2. The molecule has 1 amide bonds. The Labute approximate surface area is 109 Å². The molecule has 2 heterocycles. The summed E-state index contributed by atoms with van der Waals surface area (Å²) in [6.07, 6.45) is 8.56. The minimum atomic E-state index is 0.243. The minimum Gasteiger partial charge on any atom is -0.352 e. The number of nitrogens with one attached hydrogen (secondary N) is 2. The molecular weight excluding hydrogens is 226 g/mol. The Kier molecular flexibility index (Phi) is 3.57. The van der Waals surface area contributed by atoms with Gasteiger partial charge in [-0.25, -0.2) is 0 Å². The molecule has 0 bridgehead atoms. The monoisotopic (exact) mass is 251 g/mol. The molecular formula is C14H25N3O. The number of carbonyl (C=O) groups excluding carboxylic acids is 1. The standard InChI is InChI=1S/C14H25N3O/c18-13-5-4-12(16-13)10-17-9-8-15-11-14(17)6-2-1-3-7-14/h12,15H,1-11H2,(H,16,18). The number of hydrogen-bond acceptors (Lipinski definition) is 3. The first kappa shape index (κ1) is 12.4. The third-order valence-electron chi connectivity index (χ3n) is 4.99. The summed E-state index contributed by atoms with van der Waals surface area (Å²) in [5, 5.41) is 6.70. The van der Waals surface area contributed by atoms with Gasteiger partial charge in [0.15, 0.2) is 0 Å². The van der Waals surface area contributed by atoms with E-state index >= 15 is 0 Å². The van der Waals surface area contributed by atoms with Crippen molar-refractivity contribution >= 4 is 5.91 Å². The van der Waals surface area contributed by atoms with Crippen molar-refractivity contribution in [1.29, 1.82) is 0 Å². The molecule has 3 fully saturated rings. The van der Waals surface area contributed by atoms with E-state index in [1.54, 1.807) is 0 Å². The maximum Gasteiger partial charge on any atom is 0.220 e. The Morgan fingerprint density at radius 3 is 2.83 bits per heavy atom. The largest absolute Gasteiger partial charge is 0.352 e. The number of amides is 1. The Morgan fingerprint density at radius 2 is 2.11 bits per heavy atom. The van der Waals surface area contributed by atoms with E-state index in [1.165, 1.54) is 32.1 Å². The quantitative estimate of drug-likeness (QED) is 0.765. The summed E-state index contributed by atoms with van der Waals surface area (Å²) in [5.74, 6) is 0.243. The predicted molar refractivity (Wildman–Crippen MR) is 71.4 cm³/mol. The van der Waals surface area contributed by atoms with Gasteiger partial charge in [-0.2, -0.15) is 0 Å². The van der Waals surface area contributed by atoms with E-state index in [4.69, 9.17) is 0 Å². The van der Waals surface area contributed by atoms with Gasteiger partial charge in [0.2, 0.25) is 5.91 Å². The molecule has 2 saturated heterocycles. The summed E-state index contributed by atoms with van der Waals surface area (Å²) in [4.78, 5) is 14.0. The second-order valence-electron chi connectivity index (χ2n) is 6.21. The van der Waals surface area contributed by atoms with Crippen molar-refractivity contribution in [1.82, 2.24) is 15.5 Å². The SMILES string of the molecule is O=C1CCC(CN2CCNCC23CCCCC3)N1. The number of nitrogens with zero attached hydrogens (tertiary/aromatic N) is 1. The van der Waals surface area contributed by atoms with Crippen LogP contribution >= 0.6 is 0 Å². The topological polar surface area (TPSA) is 44.4 Å². The van der Waals surface area contributed by atoms with Crippen molar-refractivity contribution in [3.63, 3.8) is 0 Å². The number of carbonyl (C=O) groups is 1. The van der Waals surface area contributed by atoms with Crippen LogP contribution in [0.15, 0.2) is 0 Å². The van der Waals surface area contributed by atoms with Gasteiger partial charge in [-0.05, 0) is 19.3 Å². The van der Waals surface area contributed by atoms with Crippen molar-refractivity contribution in [3.8, 4) is 0 Å². The highest BCUT2D eigenvalue weighted by molar-refractivity contribution is 5.78.